The number of phenols is 1. The highest BCUT2D eigenvalue weighted by atomic mass is 16.6. The van der Waals surface area contributed by atoms with Crippen molar-refractivity contribution in [2.45, 2.75) is 26.9 Å². The minimum absolute atomic E-state index is 0. The van der Waals surface area contributed by atoms with E-state index < -0.39 is 6.10 Å². The van der Waals surface area contributed by atoms with Crippen LogP contribution < -0.4 is 10.8 Å². The van der Waals surface area contributed by atoms with Crippen LogP contribution in [-0.4, -0.2) is 5.11 Å². The fourth-order valence-corrected chi connectivity index (χ4v) is 7.63. The molecule has 0 heterocycles. The Morgan fingerprint density at radius 2 is 1.12 bits per heavy atom. The van der Waals surface area contributed by atoms with Gasteiger partial charge in [-0.1, -0.05) is 134 Å². The van der Waals surface area contributed by atoms with Gasteiger partial charge in [-0.25, -0.2) is 5.90 Å². The Bertz CT molecular complexity index is 2650. The van der Waals surface area contributed by atoms with Gasteiger partial charge in [0.15, 0.2) is 0 Å². The molecule has 254 valence electrons. The summed E-state index contributed by atoms with van der Waals surface area (Å²) in [6.45, 7) is 2.13. The van der Waals surface area contributed by atoms with Crippen molar-refractivity contribution in [3.05, 3.63) is 192 Å². The van der Waals surface area contributed by atoms with E-state index in [4.69, 9.17) is 10.7 Å². The number of phenolic OH excluding ortho intramolecular Hbond substituents is 1. The van der Waals surface area contributed by atoms with Crippen molar-refractivity contribution in [1.29, 1.82) is 0 Å². The van der Waals surface area contributed by atoms with Gasteiger partial charge in [0.2, 0.25) is 0 Å². The normalized spacial score (nSPS) is 12.0. The number of aromatic hydroxyl groups is 1. The summed E-state index contributed by atoms with van der Waals surface area (Å²) in [5.74, 6) is 5.96. The molecule has 0 saturated carbocycles. The third-order valence-corrected chi connectivity index (χ3v) is 10.2. The number of nitrogens with zero attached hydrogens (tertiary/aromatic N) is 1. The Morgan fingerprint density at radius 1 is 0.577 bits per heavy atom. The molecule has 0 aliphatic carbocycles. The number of anilines is 3. The Kier molecular flexibility index (Phi) is 8.56. The SMILES string of the molecule is C.Cc1ccc(N(c2ccc(Cc3ccc(C(ON)c4cc5ccccc5cc4O)cc3)cc2)c2ccc3ccc4cccc5ccc2c3c45)cc1. The molecule has 9 aromatic carbocycles. The fraction of sp³-hybridized carbons (Fsp3) is 0.0833. The maximum absolute atomic E-state index is 10.8. The third kappa shape index (κ3) is 5.78. The monoisotopic (exact) mass is 676 g/mol. The van der Waals surface area contributed by atoms with Gasteiger partial charge in [-0.15, -0.1) is 0 Å². The first-order valence-electron chi connectivity index (χ1n) is 17.3. The first-order chi connectivity index (χ1) is 25.0. The molecule has 4 heteroatoms. The van der Waals surface area contributed by atoms with Gasteiger partial charge < -0.3 is 10.0 Å². The lowest BCUT2D eigenvalue weighted by Crippen LogP contribution is -2.11. The predicted octanol–water partition coefficient (Wildman–Crippen LogP) is 12.4. The number of hydrogen-bond acceptors (Lipinski definition) is 4. The maximum Gasteiger partial charge on any atom is 0.132 e. The molecular weight excluding hydrogens is 637 g/mol. The van der Waals surface area contributed by atoms with Crippen LogP contribution in [0.15, 0.2) is 164 Å². The van der Waals surface area contributed by atoms with E-state index in [0.29, 0.717) is 5.56 Å². The molecule has 0 aliphatic rings. The van der Waals surface area contributed by atoms with E-state index in [0.717, 1.165) is 39.8 Å². The molecule has 1 atom stereocenters. The summed E-state index contributed by atoms with van der Waals surface area (Å²) in [4.78, 5) is 7.79. The van der Waals surface area contributed by atoms with E-state index in [1.165, 1.54) is 49.0 Å². The van der Waals surface area contributed by atoms with Gasteiger partial charge in [0.25, 0.3) is 0 Å². The zero-order valence-electron chi connectivity index (χ0n) is 28.3. The molecule has 3 N–H and O–H groups in total. The summed E-state index contributed by atoms with van der Waals surface area (Å²) < 4.78 is 0. The molecule has 0 radical (unpaired) electrons. The average Bonchev–Trinajstić information content (AvgIpc) is 3.17. The van der Waals surface area contributed by atoms with Gasteiger partial charge in [-0.2, -0.15) is 0 Å². The number of rotatable bonds is 8. The number of hydrogen-bond donors (Lipinski definition) is 2. The van der Waals surface area contributed by atoms with Crippen LogP contribution >= 0.6 is 0 Å². The number of fused-ring (bicyclic) bond motifs is 1. The summed E-state index contributed by atoms with van der Waals surface area (Å²) in [5, 5.41) is 20.4. The second kappa shape index (κ2) is 13.5. The van der Waals surface area contributed by atoms with Crippen LogP contribution in [0.25, 0.3) is 43.1 Å². The van der Waals surface area contributed by atoms with Crippen molar-refractivity contribution >= 4 is 60.2 Å². The van der Waals surface area contributed by atoms with Crippen molar-refractivity contribution in [3.8, 4) is 5.75 Å². The molecule has 9 rings (SSSR count). The van der Waals surface area contributed by atoms with Crippen molar-refractivity contribution in [2.75, 3.05) is 4.90 Å². The Morgan fingerprint density at radius 3 is 1.77 bits per heavy atom. The molecule has 0 saturated heterocycles. The number of benzene rings is 9. The Balaban J connectivity index is 0.00000387. The van der Waals surface area contributed by atoms with E-state index in [2.05, 4.69) is 127 Å². The van der Waals surface area contributed by atoms with Gasteiger partial charge >= 0.3 is 0 Å². The van der Waals surface area contributed by atoms with Crippen LogP contribution in [0, 0.1) is 6.92 Å². The average molecular weight is 677 g/mol. The lowest BCUT2D eigenvalue weighted by Gasteiger charge is -2.28. The smallest absolute Gasteiger partial charge is 0.132 e. The molecule has 0 amide bonds. The lowest BCUT2D eigenvalue weighted by molar-refractivity contribution is 0.0797. The summed E-state index contributed by atoms with van der Waals surface area (Å²) in [5.41, 5.74) is 8.51. The van der Waals surface area contributed by atoms with E-state index >= 15 is 0 Å². The predicted molar refractivity (Wildman–Crippen MR) is 218 cm³/mol. The summed E-state index contributed by atoms with van der Waals surface area (Å²) >= 11 is 0. The largest absolute Gasteiger partial charge is 0.508 e. The fourth-order valence-electron chi connectivity index (χ4n) is 7.63. The van der Waals surface area contributed by atoms with E-state index in [9.17, 15) is 5.11 Å². The van der Waals surface area contributed by atoms with Crippen molar-refractivity contribution in [1.82, 2.24) is 0 Å². The molecule has 52 heavy (non-hydrogen) atoms. The standard InChI is InChI=1S/C47H36N2O2.CH4/c1-30-9-21-39(22-10-30)49(43-26-20-35-18-17-33-7-4-8-34-19-25-41(43)46(35)45(33)34)40-23-13-32(14-24-40)27-31-11-15-36(16-12-31)47(51-48)42-28-37-5-2-3-6-38(37)29-44(42)50;/h2-26,28-29,47,50H,27,48H2,1H3;1H4. The zero-order chi connectivity index (χ0) is 34.5. The molecule has 9 aromatic rings. The van der Waals surface area contributed by atoms with Gasteiger partial charge in [0.05, 0.1) is 5.69 Å². The molecule has 0 spiro atoms. The summed E-state index contributed by atoms with van der Waals surface area (Å²) in [6.07, 6.45) is 0.189. The molecule has 4 nitrogen and oxygen atoms in total. The molecule has 0 aliphatic heterocycles. The molecule has 1 unspecified atom stereocenters. The van der Waals surface area contributed by atoms with Crippen LogP contribution in [0.4, 0.5) is 17.1 Å². The minimum atomic E-state index is -0.588. The van der Waals surface area contributed by atoms with Crippen LogP contribution in [0.2, 0.25) is 0 Å². The zero-order valence-corrected chi connectivity index (χ0v) is 28.3. The van der Waals surface area contributed by atoms with Crippen LogP contribution in [-0.2, 0) is 11.3 Å². The quantitative estimate of drug-likeness (QED) is 0.124. The maximum atomic E-state index is 10.8. The van der Waals surface area contributed by atoms with E-state index in [-0.39, 0.29) is 13.2 Å². The van der Waals surface area contributed by atoms with Gasteiger partial charge in [0, 0.05) is 22.3 Å². The van der Waals surface area contributed by atoms with Crippen molar-refractivity contribution in [2.24, 2.45) is 5.90 Å². The molecular formula is C48H40N2O2. The highest BCUT2D eigenvalue weighted by molar-refractivity contribution is 6.25. The van der Waals surface area contributed by atoms with Crippen molar-refractivity contribution in [3.63, 3.8) is 0 Å². The Labute approximate surface area is 304 Å². The van der Waals surface area contributed by atoms with E-state index in [1.54, 1.807) is 6.07 Å². The van der Waals surface area contributed by atoms with Crippen LogP contribution in [0.3, 0.4) is 0 Å². The first-order valence-corrected chi connectivity index (χ1v) is 17.3. The lowest BCUT2D eigenvalue weighted by atomic mass is 9.93. The van der Waals surface area contributed by atoms with Gasteiger partial charge in [-0.3, -0.25) is 4.84 Å². The highest BCUT2D eigenvalue weighted by Crippen LogP contribution is 2.44. The second-order valence-electron chi connectivity index (χ2n) is 13.5. The molecule has 0 fully saturated rings. The van der Waals surface area contributed by atoms with E-state index in [1.807, 2.05) is 42.5 Å². The van der Waals surface area contributed by atoms with Gasteiger partial charge in [0.1, 0.15) is 11.9 Å². The summed E-state index contributed by atoms with van der Waals surface area (Å²) in [7, 11) is 0. The molecule has 0 aromatic heterocycles. The van der Waals surface area contributed by atoms with Crippen LogP contribution in [0.5, 0.6) is 5.75 Å². The highest BCUT2D eigenvalue weighted by Gasteiger charge is 2.20. The summed E-state index contributed by atoms with van der Waals surface area (Å²) in [6, 6.07) is 57.6. The third-order valence-electron chi connectivity index (χ3n) is 10.2. The van der Waals surface area contributed by atoms with Crippen molar-refractivity contribution < 1.29 is 9.94 Å². The number of nitrogens with two attached hydrogens (primary N) is 1. The van der Waals surface area contributed by atoms with Crippen LogP contribution in [0.1, 0.15) is 41.3 Å². The first kappa shape index (κ1) is 33.0. The topological polar surface area (TPSA) is 58.7 Å². The second-order valence-corrected chi connectivity index (χ2v) is 13.5. The molecule has 0 bridgehead atoms. The minimum Gasteiger partial charge on any atom is -0.508 e. The number of aryl methyl sites for hydroxylation is 1. The van der Waals surface area contributed by atoms with Gasteiger partial charge in [-0.05, 0) is 110 Å². The Hall–Kier alpha value is -6.20.